The summed E-state index contributed by atoms with van der Waals surface area (Å²) in [6.45, 7) is 3.95. The zero-order valence-corrected chi connectivity index (χ0v) is 14.2. The van der Waals surface area contributed by atoms with Crippen LogP contribution in [0.2, 0.25) is 0 Å². The van der Waals surface area contributed by atoms with E-state index in [-0.39, 0.29) is 24.7 Å². The Morgan fingerprint density at radius 1 is 1.04 bits per heavy atom. The number of rotatable bonds is 7. The predicted octanol–water partition coefficient (Wildman–Crippen LogP) is 2.77. The Kier molecular flexibility index (Phi) is 6.23. The molecule has 0 N–H and O–H groups in total. The summed E-state index contributed by atoms with van der Waals surface area (Å²) in [6.07, 6.45) is 5.01. The first kappa shape index (κ1) is 17.8. The summed E-state index contributed by atoms with van der Waals surface area (Å²) in [5.41, 5.74) is -0.115. The fraction of sp³-hybridized carbons (Fsp3) is 0.444. The Morgan fingerprint density at radius 3 is 2.25 bits per heavy atom. The molecule has 0 spiro atoms. The maximum Gasteiger partial charge on any atom is 0.271 e. The minimum atomic E-state index is -0.434. The van der Waals surface area contributed by atoms with E-state index < -0.39 is 5.56 Å². The molecule has 0 aliphatic carbocycles. The van der Waals surface area contributed by atoms with Crippen LogP contribution >= 0.6 is 0 Å². The van der Waals surface area contributed by atoms with Gasteiger partial charge in [0.15, 0.2) is 5.65 Å². The molecule has 128 valence electrons. The molecule has 2 aromatic rings. The summed E-state index contributed by atoms with van der Waals surface area (Å²) in [5.74, 6) is -0.726. The van der Waals surface area contributed by atoms with Crippen LogP contribution in [0.15, 0.2) is 35.3 Å². The molecule has 0 atom stereocenters. The molecule has 2 aromatic heterocycles. The minimum absolute atomic E-state index is 0.226. The standard InChI is InChI=1S/C18H23N3O3/c1-3-5-9-15(22)20(16(23)10-6-4-2)21-17(24)12-11-14-8-7-13-19-18(14)21/h7-8,11-13H,3-6,9-10H2,1-2H3. The molecule has 0 aliphatic heterocycles. The topological polar surface area (TPSA) is 72.3 Å². The van der Waals surface area contributed by atoms with E-state index in [4.69, 9.17) is 0 Å². The third-order valence-corrected chi connectivity index (χ3v) is 3.79. The first-order valence-electron chi connectivity index (χ1n) is 8.43. The van der Waals surface area contributed by atoms with E-state index in [0.29, 0.717) is 23.9 Å². The highest BCUT2D eigenvalue weighted by molar-refractivity contribution is 6.09. The predicted molar refractivity (Wildman–Crippen MR) is 93.3 cm³/mol. The van der Waals surface area contributed by atoms with E-state index in [1.807, 2.05) is 13.8 Å². The van der Waals surface area contributed by atoms with Crippen LogP contribution in [-0.2, 0) is 9.59 Å². The molecule has 0 aromatic carbocycles. The van der Waals surface area contributed by atoms with Gasteiger partial charge in [0.25, 0.3) is 5.56 Å². The fourth-order valence-corrected chi connectivity index (χ4v) is 2.48. The number of hydrogen-bond acceptors (Lipinski definition) is 4. The molecule has 0 bridgehead atoms. The van der Waals surface area contributed by atoms with Crippen LogP contribution in [0.25, 0.3) is 11.0 Å². The number of fused-ring (bicyclic) bond motifs is 1. The fourth-order valence-electron chi connectivity index (χ4n) is 2.48. The van der Waals surface area contributed by atoms with Crippen LogP contribution in [0.4, 0.5) is 0 Å². The number of hydrogen-bond donors (Lipinski definition) is 0. The van der Waals surface area contributed by atoms with Gasteiger partial charge in [0.1, 0.15) is 0 Å². The van der Waals surface area contributed by atoms with Crippen LogP contribution in [0, 0.1) is 0 Å². The van der Waals surface area contributed by atoms with Gasteiger partial charge in [0.2, 0.25) is 11.8 Å². The van der Waals surface area contributed by atoms with Gasteiger partial charge in [0, 0.05) is 30.5 Å². The monoisotopic (exact) mass is 329 g/mol. The first-order chi connectivity index (χ1) is 11.6. The summed E-state index contributed by atoms with van der Waals surface area (Å²) in [7, 11) is 0. The first-order valence-corrected chi connectivity index (χ1v) is 8.43. The van der Waals surface area contributed by atoms with Crippen molar-refractivity contribution < 1.29 is 9.59 Å². The average Bonchev–Trinajstić information content (AvgIpc) is 2.60. The van der Waals surface area contributed by atoms with E-state index in [1.54, 1.807) is 24.4 Å². The number of pyridine rings is 2. The minimum Gasteiger partial charge on any atom is -0.273 e. The Labute approximate surface area is 141 Å². The lowest BCUT2D eigenvalue weighted by molar-refractivity contribution is -0.129. The lowest BCUT2D eigenvalue weighted by Gasteiger charge is -2.23. The van der Waals surface area contributed by atoms with Crippen molar-refractivity contribution in [3.63, 3.8) is 0 Å². The maximum atomic E-state index is 12.6. The summed E-state index contributed by atoms with van der Waals surface area (Å²) >= 11 is 0. The smallest absolute Gasteiger partial charge is 0.271 e. The van der Waals surface area contributed by atoms with Gasteiger partial charge in [-0.3, -0.25) is 14.4 Å². The second kappa shape index (κ2) is 8.38. The lowest BCUT2D eigenvalue weighted by atomic mass is 10.2. The molecule has 6 nitrogen and oxygen atoms in total. The van der Waals surface area contributed by atoms with Crippen molar-refractivity contribution in [2.75, 3.05) is 5.01 Å². The molecule has 2 rings (SSSR count). The van der Waals surface area contributed by atoms with Gasteiger partial charge < -0.3 is 0 Å². The van der Waals surface area contributed by atoms with Gasteiger partial charge in [-0.05, 0) is 31.0 Å². The summed E-state index contributed by atoms with van der Waals surface area (Å²) in [4.78, 5) is 41.9. The number of aromatic nitrogens is 2. The molecule has 6 heteroatoms. The van der Waals surface area contributed by atoms with Gasteiger partial charge in [-0.25, -0.2) is 4.98 Å². The van der Waals surface area contributed by atoms with Crippen LogP contribution < -0.4 is 10.6 Å². The second-order valence-electron chi connectivity index (χ2n) is 5.71. The third-order valence-electron chi connectivity index (χ3n) is 3.79. The van der Waals surface area contributed by atoms with Gasteiger partial charge in [0.05, 0.1) is 0 Å². The van der Waals surface area contributed by atoms with Crippen molar-refractivity contribution >= 4 is 22.8 Å². The van der Waals surface area contributed by atoms with E-state index >= 15 is 0 Å². The van der Waals surface area contributed by atoms with Gasteiger partial charge in [-0.15, -0.1) is 0 Å². The van der Waals surface area contributed by atoms with E-state index in [2.05, 4.69) is 4.98 Å². The second-order valence-corrected chi connectivity index (χ2v) is 5.71. The molecule has 0 fully saturated rings. The number of nitrogens with zero attached hydrogens (tertiary/aromatic N) is 3. The summed E-state index contributed by atoms with van der Waals surface area (Å²) in [6, 6.07) is 6.55. The van der Waals surface area contributed by atoms with Crippen molar-refractivity contribution in [2.24, 2.45) is 0 Å². The molecular formula is C18H23N3O3. The molecule has 2 amide bonds. The Hall–Kier alpha value is -2.50. The quantitative estimate of drug-likeness (QED) is 0.783. The Balaban J connectivity index is 2.54. The molecule has 24 heavy (non-hydrogen) atoms. The Morgan fingerprint density at radius 2 is 1.67 bits per heavy atom. The SMILES string of the molecule is CCCCC(=O)N(C(=O)CCCC)n1c(=O)ccc2cccnc21. The zero-order chi connectivity index (χ0) is 17.5. The molecule has 0 aliphatic rings. The summed E-state index contributed by atoms with van der Waals surface area (Å²) in [5, 5.41) is 1.69. The molecule has 0 saturated carbocycles. The van der Waals surface area contributed by atoms with Crippen LogP contribution in [0.5, 0.6) is 0 Å². The maximum absolute atomic E-state index is 12.6. The van der Waals surface area contributed by atoms with Crippen molar-refractivity contribution in [1.82, 2.24) is 9.66 Å². The number of carbonyl (C=O) groups is 2. The largest absolute Gasteiger partial charge is 0.273 e. The van der Waals surface area contributed by atoms with Crippen LogP contribution in [0.1, 0.15) is 52.4 Å². The third kappa shape index (κ3) is 3.88. The summed E-state index contributed by atoms with van der Waals surface area (Å²) < 4.78 is 1.12. The Bertz CT molecular complexity index is 762. The number of carbonyl (C=O) groups excluding carboxylic acids is 2. The van der Waals surface area contributed by atoms with Crippen LogP contribution in [0.3, 0.4) is 0 Å². The van der Waals surface area contributed by atoms with E-state index in [0.717, 1.165) is 22.5 Å². The van der Waals surface area contributed by atoms with Gasteiger partial charge in [-0.1, -0.05) is 26.7 Å². The zero-order valence-electron chi connectivity index (χ0n) is 14.2. The number of imide groups is 1. The molecule has 2 heterocycles. The van der Waals surface area contributed by atoms with Gasteiger partial charge in [-0.2, -0.15) is 9.69 Å². The van der Waals surface area contributed by atoms with Crippen molar-refractivity contribution in [2.45, 2.75) is 52.4 Å². The average molecular weight is 329 g/mol. The lowest BCUT2D eigenvalue weighted by Crippen LogP contribution is -2.50. The van der Waals surface area contributed by atoms with E-state index in [9.17, 15) is 14.4 Å². The highest BCUT2D eigenvalue weighted by Gasteiger charge is 2.25. The van der Waals surface area contributed by atoms with Crippen LogP contribution in [-0.4, -0.2) is 21.5 Å². The van der Waals surface area contributed by atoms with Crippen molar-refractivity contribution in [1.29, 1.82) is 0 Å². The number of unbranched alkanes of at least 4 members (excludes halogenated alkanes) is 2. The van der Waals surface area contributed by atoms with Crippen molar-refractivity contribution in [3.05, 3.63) is 40.8 Å². The molecule has 0 radical (unpaired) electrons. The van der Waals surface area contributed by atoms with Crippen molar-refractivity contribution in [3.8, 4) is 0 Å². The highest BCUT2D eigenvalue weighted by atomic mass is 16.2. The number of amides is 2. The van der Waals surface area contributed by atoms with E-state index in [1.165, 1.54) is 6.07 Å². The molecule has 0 saturated heterocycles. The molecule has 0 unspecified atom stereocenters. The molecular weight excluding hydrogens is 306 g/mol. The highest BCUT2D eigenvalue weighted by Crippen LogP contribution is 2.11. The van der Waals surface area contributed by atoms with Gasteiger partial charge >= 0.3 is 0 Å². The normalized spacial score (nSPS) is 10.8.